The lowest BCUT2D eigenvalue weighted by Gasteiger charge is -2.35. The quantitative estimate of drug-likeness (QED) is 0.656. The van der Waals surface area contributed by atoms with E-state index in [-0.39, 0.29) is 37.1 Å². The molecule has 2 heterocycles. The molecule has 6 nitrogen and oxygen atoms in total. The molecular weight excluding hydrogens is 246 g/mol. The molecule has 2 rings (SSSR count). The van der Waals surface area contributed by atoms with Crippen molar-refractivity contribution >= 4 is 17.7 Å². The van der Waals surface area contributed by atoms with E-state index in [1.807, 2.05) is 0 Å². The van der Waals surface area contributed by atoms with E-state index in [4.69, 9.17) is 0 Å². The number of likely N-dealkylation sites (tertiary alicyclic amines) is 1. The summed E-state index contributed by atoms with van der Waals surface area (Å²) in [6.07, 6.45) is 1.61. The first kappa shape index (κ1) is 14.0. The lowest BCUT2D eigenvalue weighted by Crippen LogP contribution is -2.51. The van der Waals surface area contributed by atoms with Gasteiger partial charge in [0, 0.05) is 39.0 Å². The van der Waals surface area contributed by atoms with Crippen molar-refractivity contribution in [1.29, 1.82) is 0 Å². The van der Waals surface area contributed by atoms with Gasteiger partial charge in [-0.1, -0.05) is 6.92 Å². The van der Waals surface area contributed by atoms with Crippen LogP contribution in [0.4, 0.5) is 0 Å². The molecule has 6 heteroatoms. The third kappa shape index (κ3) is 3.32. The summed E-state index contributed by atoms with van der Waals surface area (Å²) in [4.78, 5) is 40.2. The molecule has 0 spiro atoms. The van der Waals surface area contributed by atoms with Crippen LogP contribution in [0.5, 0.6) is 0 Å². The van der Waals surface area contributed by atoms with Crippen LogP contribution in [0.1, 0.15) is 26.2 Å². The van der Waals surface area contributed by atoms with Crippen molar-refractivity contribution in [3.05, 3.63) is 0 Å². The average Bonchev–Trinajstić information content (AvgIpc) is 2.72. The molecule has 2 aliphatic rings. The van der Waals surface area contributed by atoms with Gasteiger partial charge in [0.2, 0.25) is 17.7 Å². The fourth-order valence-corrected chi connectivity index (χ4v) is 2.57. The van der Waals surface area contributed by atoms with Gasteiger partial charge < -0.3 is 4.90 Å². The smallest absolute Gasteiger partial charge is 0.242 e. The SMILES string of the molecule is CCCN1CCN(C(=O)CN2C(=O)CCC2=O)CC1. The molecule has 2 aliphatic heterocycles. The van der Waals surface area contributed by atoms with Gasteiger partial charge in [0.15, 0.2) is 0 Å². The normalized spacial score (nSPS) is 21.3. The van der Waals surface area contributed by atoms with E-state index in [1.165, 1.54) is 0 Å². The molecular formula is C13H21N3O3. The highest BCUT2D eigenvalue weighted by atomic mass is 16.2. The van der Waals surface area contributed by atoms with Crippen LogP contribution < -0.4 is 0 Å². The van der Waals surface area contributed by atoms with Crippen LogP contribution in [0.15, 0.2) is 0 Å². The largest absolute Gasteiger partial charge is 0.339 e. The number of rotatable bonds is 4. The molecule has 0 N–H and O–H groups in total. The number of nitrogens with zero attached hydrogens (tertiary/aromatic N) is 3. The second kappa shape index (κ2) is 6.14. The van der Waals surface area contributed by atoms with Crippen molar-refractivity contribution in [2.75, 3.05) is 39.3 Å². The van der Waals surface area contributed by atoms with Crippen LogP contribution in [0, 0.1) is 0 Å². The molecule has 0 radical (unpaired) electrons. The molecule has 0 aromatic rings. The van der Waals surface area contributed by atoms with Crippen molar-refractivity contribution in [2.45, 2.75) is 26.2 Å². The highest BCUT2D eigenvalue weighted by Gasteiger charge is 2.32. The van der Waals surface area contributed by atoms with Crippen molar-refractivity contribution in [1.82, 2.24) is 14.7 Å². The lowest BCUT2D eigenvalue weighted by molar-refractivity contribution is -0.146. The van der Waals surface area contributed by atoms with Crippen LogP contribution in [0.3, 0.4) is 0 Å². The minimum atomic E-state index is -0.219. The summed E-state index contributed by atoms with van der Waals surface area (Å²) >= 11 is 0. The van der Waals surface area contributed by atoms with Gasteiger partial charge in [0.1, 0.15) is 6.54 Å². The molecule has 3 amide bonds. The van der Waals surface area contributed by atoms with Gasteiger partial charge in [-0.15, -0.1) is 0 Å². The predicted octanol–water partition coefficient (Wildman–Crippen LogP) is -0.310. The topological polar surface area (TPSA) is 60.9 Å². The Bertz CT molecular complexity index is 359. The molecule has 0 aliphatic carbocycles. The maximum atomic E-state index is 12.1. The number of carbonyl (C=O) groups excluding carboxylic acids is 3. The summed E-state index contributed by atoms with van der Waals surface area (Å²) < 4.78 is 0. The molecule has 0 aromatic heterocycles. The predicted molar refractivity (Wildman–Crippen MR) is 69.3 cm³/mol. The van der Waals surface area contributed by atoms with Gasteiger partial charge >= 0.3 is 0 Å². The number of amides is 3. The molecule has 0 unspecified atom stereocenters. The van der Waals surface area contributed by atoms with Crippen LogP contribution in [-0.2, 0) is 14.4 Å². The van der Waals surface area contributed by atoms with Crippen molar-refractivity contribution in [3.8, 4) is 0 Å². The first-order valence-corrected chi connectivity index (χ1v) is 6.95. The Morgan fingerprint density at radius 2 is 1.63 bits per heavy atom. The zero-order valence-electron chi connectivity index (χ0n) is 11.4. The van der Waals surface area contributed by atoms with E-state index in [9.17, 15) is 14.4 Å². The van der Waals surface area contributed by atoms with Crippen LogP contribution in [-0.4, -0.2) is 71.7 Å². The van der Waals surface area contributed by atoms with E-state index in [0.29, 0.717) is 13.1 Å². The number of hydrogen-bond donors (Lipinski definition) is 0. The monoisotopic (exact) mass is 267 g/mol. The van der Waals surface area contributed by atoms with E-state index in [1.54, 1.807) is 4.90 Å². The van der Waals surface area contributed by atoms with E-state index >= 15 is 0 Å². The van der Waals surface area contributed by atoms with E-state index in [0.717, 1.165) is 31.0 Å². The molecule has 0 aromatic carbocycles. The fraction of sp³-hybridized carbons (Fsp3) is 0.769. The summed E-state index contributed by atoms with van der Waals surface area (Å²) in [5.74, 6) is -0.550. The van der Waals surface area contributed by atoms with Gasteiger partial charge in [-0.2, -0.15) is 0 Å². The Labute approximate surface area is 113 Å². The Morgan fingerprint density at radius 1 is 1.05 bits per heavy atom. The Hall–Kier alpha value is -1.43. The fourth-order valence-electron chi connectivity index (χ4n) is 2.57. The van der Waals surface area contributed by atoms with Gasteiger partial charge in [-0.05, 0) is 13.0 Å². The zero-order valence-corrected chi connectivity index (χ0v) is 11.4. The lowest BCUT2D eigenvalue weighted by atomic mass is 10.3. The summed E-state index contributed by atoms with van der Waals surface area (Å²) in [6, 6.07) is 0. The minimum Gasteiger partial charge on any atom is -0.339 e. The van der Waals surface area contributed by atoms with Crippen molar-refractivity contribution in [2.24, 2.45) is 0 Å². The number of hydrogen-bond acceptors (Lipinski definition) is 4. The minimum absolute atomic E-state index is 0.0779. The summed E-state index contributed by atoms with van der Waals surface area (Å²) in [7, 11) is 0. The molecule has 0 saturated carbocycles. The summed E-state index contributed by atoms with van der Waals surface area (Å²) in [5, 5.41) is 0. The standard InChI is InChI=1S/C13H21N3O3/c1-2-5-14-6-8-15(9-7-14)13(19)10-16-11(17)3-4-12(16)18/h2-10H2,1H3. The number of piperazine rings is 1. The van der Waals surface area contributed by atoms with Crippen molar-refractivity contribution in [3.63, 3.8) is 0 Å². The van der Waals surface area contributed by atoms with Crippen LogP contribution in [0.2, 0.25) is 0 Å². The van der Waals surface area contributed by atoms with Crippen molar-refractivity contribution < 1.29 is 14.4 Å². The van der Waals surface area contributed by atoms with E-state index in [2.05, 4.69) is 11.8 Å². The third-order valence-corrected chi connectivity index (χ3v) is 3.71. The van der Waals surface area contributed by atoms with Gasteiger partial charge in [-0.25, -0.2) is 0 Å². The molecule has 19 heavy (non-hydrogen) atoms. The Balaban J connectivity index is 1.81. The maximum absolute atomic E-state index is 12.1. The second-order valence-corrected chi connectivity index (χ2v) is 5.10. The summed E-state index contributed by atoms with van der Waals surface area (Å²) in [5.41, 5.74) is 0. The molecule has 106 valence electrons. The second-order valence-electron chi connectivity index (χ2n) is 5.10. The van der Waals surface area contributed by atoms with Gasteiger partial charge in [0.05, 0.1) is 0 Å². The third-order valence-electron chi connectivity index (χ3n) is 3.71. The Kier molecular flexibility index (Phi) is 4.52. The highest BCUT2D eigenvalue weighted by Crippen LogP contribution is 2.12. The van der Waals surface area contributed by atoms with E-state index < -0.39 is 0 Å². The first-order valence-electron chi connectivity index (χ1n) is 6.95. The van der Waals surface area contributed by atoms with Crippen LogP contribution >= 0.6 is 0 Å². The maximum Gasteiger partial charge on any atom is 0.242 e. The first-order chi connectivity index (χ1) is 9.11. The molecule has 2 fully saturated rings. The highest BCUT2D eigenvalue weighted by molar-refractivity contribution is 6.04. The van der Waals surface area contributed by atoms with Gasteiger partial charge in [0.25, 0.3) is 0 Å². The van der Waals surface area contributed by atoms with Crippen LogP contribution in [0.25, 0.3) is 0 Å². The molecule has 0 atom stereocenters. The number of carbonyl (C=O) groups is 3. The Morgan fingerprint density at radius 3 is 2.16 bits per heavy atom. The molecule has 2 saturated heterocycles. The average molecular weight is 267 g/mol. The van der Waals surface area contributed by atoms with Gasteiger partial charge in [-0.3, -0.25) is 24.2 Å². The molecule has 0 bridgehead atoms. The summed E-state index contributed by atoms with van der Waals surface area (Å²) in [6.45, 7) is 6.26. The zero-order chi connectivity index (χ0) is 13.8. The number of imide groups is 1.